The van der Waals surface area contributed by atoms with E-state index in [0.717, 1.165) is 18.8 Å². The van der Waals surface area contributed by atoms with Gasteiger partial charge in [0.1, 0.15) is 0 Å². The lowest BCUT2D eigenvalue weighted by Crippen LogP contribution is -2.45. The Labute approximate surface area is 109 Å². The molecule has 0 aromatic rings. The Balaban J connectivity index is 1.85. The average molecular weight is 252 g/mol. The minimum atomic E-state index is -0.638. The number of ether oxygens (including phenoxy) is 1. The van der Waals surface area contributed by atoms with Crippen LogP contribution in [0.5, 0.6) is 0 Å². The van der Waals surface area contributed by atoms with Gasteiger partial charge in [-0.3, -0.25) is 4.79 Å². The summed E-state index contributed by atoms with van der Waals surface area (Å²) in [4.78, 5) is 11.3. The molecule has 0 amide bonds. The second kappa shape index (κ2) is 3.96. The Kier molecular flexibility index (Phi) is 2.74. The number of carboxylic acids is 1. The highest BCUT2D eigenvalue weighted by Gasteiger charge is 2.64. The fourth-order valence-electron chi connectivity index (χ4n) is 4.65. The van der Waals surface area contributed by atoms with Crippen LogP contribution in [-0.2, 0) is 9.53 Å². The van der Waals surface area contributed by atoms with E-state index in [-0.39, 0.29) is 11.5 Å². The lowest BCUT2D eigenvalue weighted by molar-refractivity contribution is -0.145. The summed E-state index contributed by atoms with van der Waals surface area (Å²) in [7, 11) is 0. The summed E-state index contributed by atoms with van der Waals surface area (Å²) in [6.45, 7) is 6.42. The molecule has 2 saturated carbocycles. The maximum Gasteiger partial charge on any atom is 0.306 e. The summed E-state index contributed by atoms with van der Waals surface area (Å²) in [5.41, 5.74) is 0.0781. The molecule has 0 bridgehead atoms. The molecule has 3 aliphatic rings. The molecule has 102 valence electrons. The van der Waals surface area contributed by atoms with Crippen LogP contribution in [0.4, 0.5) is 0 Å². The van der Waals surface area contributed by atoms with Gasteiger partial charge in [-0.05, 0) is 49.9 Å². The van der Waals surface area contributed by atoms with Gasteiger partial charge in [-0.1, -0.05) is 20.3 Å². The Bertz CT molecular complexity index is 367. The summed E-state index contributed by atoms with van der Waals surface area (Å²) in [6.07, 6.45) is 4.98. The van der Waals surface area contributed by atoms with Gasteiger partial charge in [0.15, 0.2) is 0 Å². The van der Waals surface area contributed by atoms with Gasteiger partial charge in [0.05, 0.1) is 17.6 Å². The molecule has 1 aliphatic heterocycles. The maximum absolute atomic E-state index is 11.3. The molecule has 2 unspecified atom stereocenters. The van der Waals surface area contributed by atoms with Gasteiger partial charge in [0.25, 0.3) is 0 Å². The maximum atomic E-state index is 11.3. The third-order valence-electron chi connectivity index (χ3n) is 5.97. The molecule has 7 atom stereocenters. The van der Waals surface area contributed by atoms with E-state index < -0.39 is 5.97 Å². The van der Waals surface area contributed by atoms with Gasteiger partial charge in [-0.15, -0.1) is 0 Å². The fraction of sp³-hybridized carbons (Fsp3) is 0.933. The van der Waals surface area contributed by atoms with E-state index in [1.54, 1.807) is 0 Å². The molecule has 1 N–H and O–H groups in total. The Hall–Kier alpha value is -0.570. The molecule has 3 nitrogen and oxygen atoms in total. The molecule has 1 heterocycles. The molecule has 3 heteroatoms. The topological polar surface area (TPSA) is 49.8 Å². The molecular formula is C15H24O3. The van der Waals surface area contributed by atoms with Crippen molar-refractivity contribution < 1.29 is 14.6 Å². The van der Waals surface area contributed by atoms with Gasteiger partial charge in [-0.25, -0.2) is 0 Å². The van der Waals surface area contributed by atoms with E-state index in [1.807, 2.05) is 6.92 Å². The van der Waals surface area contributed by atoms with Crippen molar-refractivity contribution in [3.05, 3.63) is 0 Å². The van der Waals surface area contributed by atoms with Crippen molar-refractivity contribution in [2.45, 2.75) is 58.2 Å². The Morgan fingerprint density at radius 1 is 1.39 bits per heavy atom. The number of aliphatic carboxylic acids is 1. The SMILES string of the molecule is C[C@@H]1CC[C@@H]([C@@H](C)C(=O)O)[C@H]2C3OC3(C)CC[C@H]21. The summed E-state index contributed by atoms with van der Waals surface area (Å²) >= 11 is 0. The van der Waals surface area contributed by atoms with E-state index >= 15 is 0 Å². The molecule has 0 spiro atoms. The number of hydrogen-bond donors (Lipinski definition) is 1. The molecule has 1 saturated heterocycles. The highest BCUT2D eigenvalue weighted by molar-refractivity contribution is 5.70. The first kappa shape index (κ1) is 12.5. The zero-order valence-corrected chi connectivity index (χ0v) is 11.6. The van der Waals surface area contributed by atoms with Crippen LogP contribution in [0.25, 0.3) is 0 Å². The number of hydrogen-bond acceptors (Lipinski definition) is 2. The smallest absolute Gasteiger partial charge is 0.306 e. The number of carboxylic acid groups (broad SMARTS) is 1. The minimum absolute atomic E-state index is 0.0781. The van der Waals surface area contributed by atoms with E-state index in [4.69, 9.17) is 4.74 Å². The standard InChI is InChI=1S/C15H24O3/c1-8-4-5-11(9(2)14(16)17)12-10(8)6-7-15(3)13(12)18-15/h8-13H,4-7H2,1-3H3,(H,16,17)/t8-,9-,10+,11+,12+,13?,15?/m1/s1. The minimum Gasteiger partial charge on any atom is -0.481 e. The largest absolute Gasteiger partial charge is 0.481 e. The van der Waals surface area contributed by atoms with Crippen LogP contribution in [0.2, 0.25) is 0 Å². The molecule has 0 radical (unpaired) electrons. The summed E-state index contributed by atoms with van der Waals surface area (Å²) in [5, 5.41) is 9.31. The molecular weight excluding hydrogens is 228 g/mol. The van der Waals surface area contributed by atoms with Crippen molar-refractivity contribution in [3.63, 3.8) is 0 Å². The Morgan fingerprint density at radius 3 is 2.78 bits per heavy atom. The van der Waals surface area contributed by atoms with Gasteiger partial charge < -0.3 is 9.84 Å². The third-order valence-corrected chi connectivity index (χ3v) is 5.97. The predicted molar refractivity (Wildman–Crippen MR) is 68.2 cm³/mol. The molecule has 3 rings (SSSR count). The average Bonchev–Trinajstić information content (AvgIpc) is 3.01. The van der Waals surface area contributed by atoms with E-state index in [9.17, 15) is 9.90 Å². The van der Waals surface area contributed by atoms with Crippen LogP contribution in [0.15, 0.2) is 0 Å². The summed E-state index contributed by atoms with van der Waals surface area (Å²) < 4.78 is 5.95. The van der Waals surface area contributed by atoms with Crippen LogP contribution < -0.4 is 0 Å². The number of rotatable bonds is 2. The summed E-state index contributed by atoms with van der Waals surface area (Å²) in [6, 6.07) is 0. The quantitative estimate of drug-likeness (QED) is 0.769. The molecule has 18 heavy (non-hydrogen) atoms. The number of epoxide rings is 1. The van der Waals surface area contributed by atoms with Crippen molar-refractivity contribution in [1.29, 1.82) is 0 Å². The molecule has 2 aliphatic carbocycles. The van der Waals surface area contributed by atoms with Crippen LogP contribution >= 0.6 is 0 Å². The van der Waals surface area contributed by atoms with Crippen LogP contribution in [0.3, 0.4) is 0 Å². The first-order valence-electron chi connectivity index (χ1n) is 7.34. The van der Waals surface area contributed by atoms with Gasteiger partial charge in [-0.2, -0.15) is 0 Å². The van der Waals surface area contributed by atoms with Crippen LogP contribution in [0, 0.1) is 29.6 Å². The highest BCUT2D eigenvalue weighted by atomic mass is 16.6. The lowest BCUT2D eigenvalue weighted by atomic mass is 9.57. The second-order valence-electron chi connectivity index (χ2n) is 6.98. The highest BCUT2D eigenvalue weighted by Crippen LogP contribution is 2.60. The monoisotopic (exact) mass is 252 g/mol. The molecule has 3 fully saturated rings. The van der Waals surface area contributed by atoms with Crippen molar-refractivity contribution in [2.24, 2.45) is 29.6 Å². The van der Waals surface area contributed by atoms with Crippen molar-refractivity contribution in [3.8, 4) is 0 Å². The molecule has 0 aromatic carbocycles. The fourth-order valence-corrected chi connectivity index (χ4v) is 4.65. The predicted octanol–water partition coefficient (Wildman–Crippen LogP) is 2.94. The van der Waals surface area contributed by atoms with Crippen molar-refractivity contribution in [1.82, 2.24) is 0 Å². The lowest BCUT2D eigenvalue weighted by Gasteiger charge is -2.45. The third kappa shape index (κ3) is 1.70. The first-order chi connectivity index (χ1) is 8.44. The molecule has 0 aromatic heterocycles. The van der Waals surface area contributed by atoms with Gasteiger partial charge >= 0.3 is 5.97 Å². The van der Waals surface area contributed by atoms with Crippen LogP contribution in [0.1, 0.15) is 46.5 Å². The summed E-state index contributed by atoms with van der Waals surface area (Å²) in [5.74, 6) is 1.36. The second-order valence-corrected chi connectivity index (χ2v) is 6.98. The van der Waals surface area contributed by atoms with E-state index in [1.165, 1.54) is 12.8 Å². The van der Waals surface area contributed by atoms with Crippen LogP contribution in [-0.4, -0.2) is 22.8 Å². The first-order valence-corrected chi connectivity index (χ1v) is 7.34. The zero-order chi connectivity index (χ0) is 13.1. The van der Waals surface area contributed by atoms with Crippen molar-refractivity contribution >= 4 is 5.97 Å². The van der Waals surface area contributed by atoms with Crippen molar-refractivity contribution in [2.75, 3.05) is 0 Å². The van der Waals surface area contributed by atoms with E-state index in [0.29, 0.717) is 23.9 Å². The normalized spacial score (nSPS) is 52.1. The van der Waals surface area contributed by atoms with Gasteiger partial charge in [0.2, 0.25) is 0 Å². The number of fused-ring (bicyclic) bond motifs is 3. The Morgan fingerprint density at radius 2 is 2.11 bits per heavy atom. The zero-order valence-electron chi connectivity index (χ0n) is 11.6. The number of carbonyl (C=O) groups is 1. The van der Waals surface area contributed by atoms with Gasteiger partial charge in [0, 0.05) is 0 Å². The van der Waals surface area contributed by atoms with E-state index in [2.05, 4.69) is 13.8 Å².